The second kappa shape index (κ2) is 7.30. The van der Waals surface area contributed by atoms with Crippen molar-refractivity contribution in [2.24, 2.45) is 7.05 Å². The van der Waals surface area contributed by atoms with Gasteiger partial charge in [0.15, 0.2) is 17.0 Å². The van der Waals surface area contributed by atoms with Gasteiger partial charge in [0, 0.05) is 38.1 Å². The van der Waals surface area contributed by atoms with Crippen molar-refractivity contribution in [1.82, 2.24) is 34.5 Å². The van der Waals surface area contributed by atoms with E-state index in [0.29, 0.717) is 5.92 Å². The Hall–Kier alpha value is -4.01. The van der Waals surface area contributed by atoms with Crippen LogP contribution in [0.1, 0.15) is 24.3 Å². The third-order valence-electron chi connectivity index (χ3n) is 6.36. The smallest absolute Gasteiger partial charge is 0.323 e. The van der Waals surface area contributed by atoms with E-state index in [4.69, 9.17) is 4.98 Å². The molecule has 32 heavy (non-hydrogen) atoms. The van der Waals surface area contributed by atoms with Crippen molar-refractivity contribution >= 4 is 28.0 Å². The van der Waals surface area contributed by atoms with E-state index < -0.39 is 0 Å². The maximum Gasteiger partial charge on any atom is 0.323 e. The number of anilines is 1. The highest BCUT2D eigenvalue weighted by Gasteiger charge is 2.25. The molecule has 1 fully saturated rings. The normalized spacial score (nSPS) is 15.1. The first-order valence-corrected chi connectivity index (χ1v) is 10.7. The van der Waals surface area contributed by atoms with Crippen LogP contribution in [0.25, 0.3) is 33.6 Å². The van der Waals surface area contributed by atoms with Crippen molar-refractivity contribution in [3.05, 3.63) is 65.1 Å². The zero-order valence-corrected chi connectivity index (χ0v) is 17.6. The number of hydrogen-bond donors (Lipinski definition) is 2. The number of benzene rings is 1. The molecule has 4 aromatic heterocycles. The number of nitrogens with one attached hydrogen (secondary N) is 2. The van der Waals surface area contributed by atoms with Crippen LogP contribution in [0.3, 0.4) is 0 Å². The topological polar surface area (TPSA) is 108 Å². The lowest BCUT2D eigenvalue weighted by atomic mass is 9.89. The number of imidazole rings is 2. The molecule has 9 nitrogen and oxygen atoms in total. The molecule has 1 aromatic carbocycles. The minimum absolute atomic E-state index is 0.166. The largest absolute Gasteiger partial charge is 0.355 e. The summed E-state index contributed by atoms with van der Waals surface area (Å²) in [5.41, 5.74) is 5.40. The van der Waals surface area contributed by atoms with Gasteiger partial charge in [-0.25, -0.2) is 19.7 Å². The first-order chi connectivity index (χ1) is 15.7. The summed E-state index contributed by atoms with van der Waals surface area (Å²) in [6.45, 7) is 1.77. The Bertz CT molecular complexity index is 1470. The SMILES string of the molecule is Cn1c(-c2cccnc2)nc2c(N3CCC(c4ccc5[nH]c(=O)[nH]c5c4)CC3)ncnc21. The highest BCUT2D eigenvalue weighted by molar-refractivity contribution is 5.86. The number of hydrogen-bond acceptors (Lipinski definition) is 6. The Balaban J connectivity index is 1.28. The van der Waals surface area contributed by atoms with Gasteiger partial charge in [0.25, 0.3) is 0 Å². The van der Waals surface area contributed by atoms with E-state index in [9.17, 15) is 4.79 Å². The minimum atomic E-state index is -0.166. The summed E-state index contributed by atoms with van der Waals surface area (Å²) in [4.78, 5) is 37.7. The van der Waals surface area contributed by atoms with Gasteiger partial charge in [-0.05, 0) is 48.6 Å². The fraction of sp³-hybridized carbons (Fsp3) is 0.261. The number of rotatable bonds is 3. The van der Waals surface area contributed by atoms with Gasteiger partial charge in [0.2, 0.25) is 0 Å². The van der Waals surface area contributed by atoms with E-state index in [1.807, 2.05) is 36.0 Å². The summed E-state index contributed by atoms with van der Waals surface area (Å²) < 4.78 is 2.00. The van der Waals surface area contributed by atoms with Crippen molar-refractivity contribution in [3.63, 3.8) is 0 Å². The molecule has 0 spiro atoms. The van der Waals surface area contributed by atoms with E-state index in [0.717, 1.165) is 65.3 Å². The van der Waals surface area contributed by atoms with Crippen LogP contribution >= 0.6 is 0 Å². The molecule has 6 rings (SSSR count). The highest BCUT2D eigenvalue weighted by atomic mass is 16.1. The van der Waals surface area contributed by atoms with E-state index in [2.05, 4.69) is 42.0 Å². The Morgan fingerprint density at radius 2 is 1.91 bits per heavy atom. The number of H-pyrrole nitrogens is 2. The molecule has 0 aliphatic carbocycles. The van der Waals surface area contributed by atoms with Gasteiger partial charge < -0.3 is 19.4 Å². The van der Waals surface area contributed by atoms with Gasteiger partial charge in [0.1, 0.15) is 12.2 Å². The quantitative estimate of drug-likeness (QED) is 0.459. The number of aryl methyl sites for hydroxylation is 1. The zero-order valence-electron chi connectivity index (χ0n) is 17.6. The fourth-order valence-corrected chi connectivity index (χ4v) is 4.70. The van der Waals surface area contributed by atoms with Crippen LogP contribution in [0.15, 0.2) is 53.8 Å². The molecule has 0 bridgehead atoms. The van der Waals surface area contributed by atoms with Gasteiger partial charge >= 0.3 is 5.69 Å². The molecular formula is C23H22N8O. The third-order valence-corrected chi connectivity index (χ3v) is 6.36. The maximum absolute atomic E-state index is 11.6. The highest BCUT2D eigenvalue weighted by Crippen LogP contribution is 2.33. The molecule has 1 aliphatic heterocycles. The number of nitrogens with zero attached hydrogens (tertiary/aromatic N) is 6. The zero-order chi connectivity index (χ0) is 21.7. The van der Waals surface area contributed by atoms with Crippen molar-refractivity contribution in [1.29, 1.82) is 0 Å². The van der Waals surface area contributed by atoms with Crippen LogP contribution in [0.5, 0.6) is 0 Å². The first kappa shape index (κ1) is 18.7. The molecule has 160 valence electrons. The average Bonchev–Trinajstić information content (AvgIpc) is 3.38. The van der Waals surface area contributed by atoms with Crippen LogP contribution < -0.4 is 10.6 Å². The van der Waals surface area contributed by atoms with Crippen LogP contribution in [0.4, 0.5) is 5.82 Å². The molecule has 5 aromatic rings. The first-order valence-electron chi connectivity index (χ1n) is 10.7. The molecule has 5 heterocycles. The van der Waals surface area contributed by atoms with Crippen LogP contribution in [-0.4, -0.2) is 47.6 Å². The molecular weight excluding hydrogens is 404 g/mol. The molecule has 9 heteroatoms. The van der Waals surface area contributed by atoms with Gasteiger partial charge in [-0.3, -0.25) is 4.98 Å². The minimum Gasteiger partial charge on any atom is -0.355 e. The summed E-state index contributed by atoms with van der Waals surface area (Å²) in [7, 11) is 1.97. The summed E-state index contributed by atoms with van der Waals surface area (Å²) in [6, 6.07) is 10.1. The van der Waals surface area contributed by atoms with E-state index in [1.165, 1.54) is 5.56 Å². The second-order valence-electron chi connectivity index (χ2n) is 8.25. The molecule has 0 radical (unpaired) electrons. The Morgan fingerprint density at radius 1 is 1.06 bits per heavy atom. The third kappa shape index (κ3) is 3.05. The van der Waals surface area contributed by atoms with Crippen molar-refractivity contribution in [2.45, 2.75) is 18.8 Å². The lowest BCUT2D eigenvalue weighted by Gasteiger charge is -2.33. The predicted octanol–water partition coefficient (Wildman–Crippen LogP) is 2.98. The standard InChI is InChI=1S/C23H22N8O/c1-30-20(16-3-2-8-24-12-16)29-19-21(30)25-13-26-22(19)31-9-6-14(7-10-31)15-4-5-17-18(11-15)28-23(32)27-17/h2-5,8,11-14H,6-7,9-10H2,1H3,(H2,27,28,32). The van der Waals surface area contributed by atoms with E-state index in [1.54, 1.807) is 12.5 Å². The fourth-order valence-electron chi connectivity index (χ4n) is 4.70. The summed E-state index contributed by atoms with van der Waals surface area (Å²) >= 11 is 0. The second-order valence-corrected chi connectivity index (χ2v) is 8.25. The Kier molecular flexibility index (Phi) is 4.27. The molecule has 0 unspecified atom stereocenters. The summed E-state index contributed by atoms with van der Waals surface area (Å²) in [5, 5.41) is 0. The Morgan fingerprint density at radius 3 is 2.72 bits per heavy atom. The van der Waals surface area contributed by atoms with E-state index >= 15 is 0 Å². The monoisotopic (exact) mass is 426 g/mol. The number of aromatic amines is 2. The molecule has 1 aliphatic rings. The van der Waals surface area contributed by atoms with Crippen molar-refractivity contribution in [3.8, 4) is 11.4 Å². The molecule has 1 saturated heterocycles. The summed E-state index contributed by atoms with van der Waals surface area (Å²) in [5.74, 6) is 2.16. The van der Waals surface area contributed by atoms with Crippen molar-refractivity contribution in [2.75, 3.05) is 18.0 Å². The number of piperidine rings is 1. The number of aromatic nitrogens is 7. The molecule has 0 saturated carbocycles. The Labute approximate surface area is 183 Å². The molecule has 2 N–H and O–H groups in total. The van der Waals surface area contributed by atoms with Crippen LogP contribution in [-0.2, 0) is 7.05 Å². The van der Waals surface area contributed by atoms with Crippen LogP contribution in [0.2, 0.25) is 0 Å². The van der Waals surface area contributed by atoms with Gasteiger partial charge in [0.05, 0.1) is 11.0 Å². The number of fused-ring (bicyclic) bond motifs is 2. The lowest BCUT2D eigenvalue weighted by molar-refractivity contribution is 0.503. The van der Waals surface area contributed by atoms with Crippen molar-refractivity contribution < 1.29 is 0 Å². The van der Waals surface area contributed by atoms with Gasteiger partial charge in [-0.1, -0.05) is 6.07 Å². The molecule has 0 atom stereocenters. The maximum atomic E-state index is 11.6. The van der Waals surface area contributed by atoms with Gasteiger partial charge in [-0.2, -0.15) is 0 Å². The number of pyridine rings is 1. The van der Waals surface area contributed by atoms with E-state index in [-0.39, 0.29) is 5.69 Å². The lowest BCUT2D eigenvalue weighted by Crippen LogP contribution is -2.33. The van der Waals surface area contributed by atoms with Crippen LogP contribution in [0, 0.1) is 0 Å². The van der Waals surface area contributed by atoms with Gasteiger partial charge in [-0.15, -0.1) is 0 Å². The average molecular weight is 426 g/mol. The predicted molar refractivity (Wildman–Crippen MR) is 123 cm³/mol. The summed E-state index contributed by atoms with van der Waals surface area (Å²) in [6.07, 6.45) is 7.21. The molecule has 0 amide bonds.